The van der Waals surface area contributed by atoms with Crippen LogP contribution in [0.1, 0.15) is 65.2 Å². The molecule has 0 saturated heterocycles. The molecule has 24 heavy (non-hydrogen) atoms. The van der Waals surface area contributed by atoms with E-state index in [0.29, 0.717) is 17.9 Å². The Labute approximate surface area is 147 Å². The second kappa shape index (κ2) is 8.62. The maximum absolute atomic E-state index is 12.8. The molecule has 3 unspecified atom stereocenters. The van der Waals surface area contributed by atoms with E-state index in [9.17, 15) is 9.90 Å². The van der Waals surface area contributed by atoms with Crippen LogP contribution in [0.3, 0.4) is 0 Å². The van der Waals surface area contributed by atoms with Crippen LogP contribution in [-0.4, -0.2) is 16.5 Å². The first-order valence-corrected chi connectivity index (χ1v) is 9.33. The Bertz CT molecular complexity index is 552. The third-order valence-electron chi connectivity index (χ3n) is 5.51. The maximum atomic E-state index is 12.8. The Morgan fingerprint density at radius 3 is 2.33 bits per heavy atom. The zero-order valence-electron chi connectivity index (χ0n) is 15.3. The fraction of sp³-hybridized carbons (Fsp3) is 0.591. The lowest BCUT2D eigenvalue weighted by atomic mass is 9.72. The molecule has 0 saturated carbocycles. The maximum Gasteiger partial charge on any atom is 0.169 e. The third-order valence-corrected chi connectivity index (χ3v) is 5.51. The number of hydrogen-bond acceptors (Lipinski definition) is 2. The molecule has 0 heterocycles. The Morgan fingerprint density at radius 2 is 1.79 bits per heavy atom. The summed E-state index contributed by atoms with van der Waals surface area (Å²) >= 11 is 0. The SMILES string of the molecule is C=C(C)C(O)(C(=O)CC/C(C)=C/C1CC=CCC1)C1CC=CCC1. The first kappa shape index (κ1) is 18.9. The van der Waals surface area contributed by atoms with Gasteiger partial charge in [0, 0.05) is 12.3 Å². The van der Waals surface area contributed by atoms with Gasteiger partial charge in [0.1, 0.15) is 5.60 Å². The van der Waals surface area contributed by atoms with Crippen molar-refractivity contribution in [3.8, 4) is 0 Å². The van der Waals surface area contributed by atoms with Crippen LogP contribution >= 0.6 is 0 Å². The molecular formula is C22H32O2. The van der Waals surface area contributed by atoms with Crippen molar-refractivity contribution in [2.24, 2.45) is 11.8 Å². The van der Waals surface area contributed by atoms with E-state index in [1.165, 1.54) is 12.0 Å². The molecule has 2 aliphatic carbocycles. The Kier molecular flexibility index (Phi) is 6.79. The number of carbonyl (C=O) groups excluding carboxylic acids is 1. The van der Waals surface area contributed by atoms with Gasteiger partial charge in [0.25, 0.3) is 0 Å². The summed E-state index contributed by atoms with van der Waals surface area (Å²) in [6, 6.07) is 0. The standard InChI is InChI=1S/C22H32O2/c1-17(2)22(24,20-12-8-5-9-13-20)21(23)15-14-18(3)16-19-10-6-4-7-11-19/h4-6,8,16,19-20,24H,1,7,9-15H2,2-3H3/b18-16+. The predicted octanol–water partition coefficient (Wildman–Crippen LogP) is 5.30. The van der Waals surface area contributed by atoms with Crippen molar-refractivity contribution in [1.29, 1.82) is 0 Å². The van der Waals surface area contributed by atoms with Gasteiger partial charge in [-0.05, 0) is 70.3 Å². The zero-order chi connectivity index (χ0) is 17.6. The fourth-order valence-electron chi connectivity index (χ4n) is 3.94. The van der Waals surface area contributed by atoms with E-state index in [4.69, 9.17) is 0 Å². The number of hydrogen-bond donors (Lipinski definition) is 1. The molecule has 0 spiro atoms. The minimum atomic E-state index is -1.36. The summed E-state index contributed by atoms with van der Waals surface area (Å²) in [5.41, 5.74) is 0.488. The minimum Gasteiger partial charge on any atom is -0.377 e. The lowest BCUT2D eigenvalue weighted by Crippen LogP contribution is -2.47. The first-order chi connectivity index (χ1) is 11.4. The molecule has 0 aromatic rings. The van der Waals surface area contributed by atoms with Gasteiger partial charge in [-0.25, -0.2) is 0 Å². The van der Waals surface area contributed by atoms with Crippen molar-refractivity contribution >= 4 is 5.78 Å². The number of allylic oxidation sites excluding steroid dienone is 6. The van der Waals surface area contributed by atoms with Crippen molar-refractivity contribution in [3.05, 3.63) is 48.1 Å². The predicted molar refractivity (Wildman–Crippen MR) is 101 cm³/mol. The van der Waals surface area contributed by atoms with Crippen LogP contribution < -0.4 is 0 Å². The van der Waals surface area contributed by atoms with Crippen LogP contribution in [0.4, 0.5) is 0 Å². The molecule has 0 radical (unpaired) electrons. The number of Topliss-reactive ketones (excluding diaryl/α,β-unsaturated/α-hetero) is 1. The highest BCUT2D eigenvalue weighted by Gasteiger charge is 2.43. The van der Waals surface area contributed by atoms with Crippen molar-refractivity contribution in [2.45, 2.75) is 70.8 Å². The second-order valence-electron chi connectivity index (χ2n) is 7.51. The fourth-order valence-corrected chi connectivity index (χ4v) is 3.94. The summed E-state index contributed by atoms with van der Waals surface area (Å²) in [6.45, 7) is 7.82. The average Bonchev–Trinajstić information content (AvgIpc) is 2.60. The molecule has 0 aromatic heterocycles. The highest BCUT2D eigenvalue weighted by Crippen LogP contribution is 2.36. The summed E-state index contributed by atoms with van der Waals surface area (Å²) in [5.74, 6) is 0.514. The number of rotatable bonds is 7. The average molecular weight is 328 g/mol. The Morgan fingerprint density at radius 1 is 1.12 bits per heavy atom. The zero-order valence-corrected chi connectivity index (χ0v) is 15.3. The molecule has 0 fully saturated rings. The smallest absolute Gasteiger partial charge is 0.169 e. The van der Waals surface area contributed by atoms with Gasteiger partial charge in [-0.3, -0.25) is 4.79 Å². The van der Waals surface area contributed by atoms with E-state index in [0.717, 1.165) is 38.5 Å². The second-order valence-corrected chi connectivity index (χ2v) is 7.51. The molecule has 132 valence electrons. The summed E-state index contributed by atoms with van der Waals surface area (Å²) in [7, 11) is 0. The van der Waals surface area contributed by atoms with Crippen molar-refractivity contribution in [1.82, 2.24) is 0 Å². The van der Waals surface area contributed by atoms with Crippen LogP contribution in [0.5, 0.6) is 0 Å². The van der Waals surface area contributed by atoms with E-state index < -0.39 is 5.60 Å². The molecule has 0 amide bonds. The van der Waals surface area contributed by atoms with E-state index in [1.54, 1.807) is 6.92 Å². The molecule has 0 aromatic carbocycles. The van der Waals surface area contributed by atoms with Gasteiger partial charge < -0.3 is 5.11 Å². The molecule has 0 aliphatic heterocycles. The Hall–Kier alpha value is -1.41. The van der Waals surface area contributed by atoms with Gasteiger partial charge in [-0.1, -0.05) is 42.5 Å². The van der Waals surface area contributed by atoms with Gasteiger partial charge in [0.15, 0.2) is 5.78 Å². The van der Waals surface area contributed by atoms with E-state index in [1.807, 2.05) is 0 Å². The van der Waals surface area contributed by atoms with Crippen LogP contribution in [0.25, 0.3) is 0 Å². The molecule has 2 nitrogen and oxygen atoms in total. The molecule has 2 aliphatic rings. The largest absolute Gasteiger partial charge is 0.377 e. The molecule has 1 N–H and O–H groups in total. The van der Waals surface area contributed by atoms with Gasteiger partial charge >= 0.3 is 0 Å². The van der Waals surface area contributed by atoms with E-state index in [2.05, 4.69) is 43.9 Å². The molecule has 2 rings (SSSR count). The number of aliphatic hydroxyl groups is 1. The summed E-state index contributed by atoms with van der Waals surface area (Å²) in [6.07, 6.45) is 18.2. The quantitative estimate of drug-likeness (QED) is 0.644. The van der Waals surface area contributed by atoms with Crippen molar-refractivity contribution in [2.75, 3.05) is 0 Å². The summed E-state index contributed by atoms with van der Waals surface area (Å²) < 4.78 is 0. The van der Waals surface area contributed by atoms with E-state index in [-0.39, 0.29) is 11.7 Å². The molecule has 2 heteroatoms. The topological polar surface area (TPSA) is 37.3 Å². The van der Waals surface area contributed by atoms with E-state index >= 15 is 0 Å². The minimum absolute atomic E-state index is 0.0275. The van der Waals surface area contributed by atoms with Crippen molar-refractivity contribution in [3.63, 3.8) is 0 Å². The summed E-state index contributed by atoms with van der Waals surface area (Å²) in [5, 5.41) is 11.1. The molecule has 0 bridgehead atoms. The monoisotopic (exact) mass is 328 g/mol. The lowest BCUT2D eigenvalue weighted by molar-refractivity contribution is -0.139. The normalized spacial score (nSPS) is 26.9. The van der Waals surface area contributed by atoms with Crippen LogP contribution in [0, 0.1) is 11.8 Å². The number of carbonyl (C=O) groups is 1. The van der Waals surface area contributed by atoms with Gasteiger partial charge in [-0.2, -0.15) is 0 Å². The highest BCUT2D eigenvalue weighted by molar-refractivity contribution is 5.90. The summed E-state index contributed by atoms with van der Waals surface area (Å²) in [4.78, 5) is 12.8. The highest BCUT2D eigenvalue weighted by atomic mass is 16.3. The van der Waals surface area contributed by atoms with Crippen molar-refractivity contribution < 1.29 is 9.90 Å². The van der Waals surface area contributed by atoms with Gasteiger partial charge in [0.05, 0.1) is 0 Å². The van der Waals surface area contributed by atoms with Crippen LogP contribution in [0.15, 0.2) is 48.1 Å². The number of ketones is 1. The molecule has 3 atom stereocenters. The Balaban J connectivity index is 1.97. The van der Waals surface area contributed by atoms with Gasteiger partial charge in [0.2, 0.25) is 0 Å². The molecular weight excluding hydrogens is 296 g/mol. The van der Waals surface area contributed by atoms with Crippen LogP contribution in [0.2, 0.25) is 0 Å². The third kappa shape index (κ3) is 4.57. The first-order valence-electron chi connectivity index (χ1n) is 9.33. The van der Waals surface area contributed by atoms with Crippen LogP contribution in [-0.2, 0) is 4.79 Å². The van der Waals surface area contributed by atoms with Gasteiger partial charge in [-0.15, -0.1) is 0 Å². The lowest BCUT2D eigenvalue weighted by Gasteiger charge is -2.36.